The maximum atomic E-state index is 13.7. The summed E-state index contributed by atoms with van der Waals surface area (Å²) in [5.41, 5.74) is 5.03. The lowest BCUT2D eigenvalue weighted by atomic mass is 10.0. The summed E-state index contributed by atoms with van der Waals surface area (Å²) in [5, 5.41) is 7.05. The smallest absolute Gasteiger partial charge is 0.159 e. The molecular formula is C23H22F2N6. The predicted octanol–water partition coefficient (Wildman–Crippen LogP) is 4.11. The third-order valence-corrected chi connectivity index (χ3v) is 5.89. The summed E-state index contributed by atoms with van der Waals surface area (Å²) in [6, 6.07) is 10.1. The van der Waals surface area contributed by atoms with Crippen molar-refractivity contribution in [3.63, 3.8) is 0 Å². The Hall–Kier alpha value is -3.39. The fourth-order valence-corrected chi connectivity index (χ4v) is 4.07. The van der Waals surface area contributed by atoms with Gasteiger partial charge in [0, 0.05) is 36.5 Å². The van der Waals surface area contributed by atoms with Gasteiger partial charge in [0.25, 0.3) is 0 Å². The second kappa shape index (κ2) is 7.70. The Kier molecular flexibility index (Phi) is 4.86. The highest BCUT2D eigenvalue weighted by Crippen LogP contribution is 2.31. The maximum absolute atomic E-state index is 13.7. The van der Waals surface area contributed by atoms with E-state index in [0.717, 1.165) is 48.4 Å². The van der Waals surface area contributed by atoms with Crippen LogP contribution in [0.15, 0.2) is 48.8 Å². The Labute approximate surface area is 178 Å². The van der Waals surface area contributed by atoms with Gasteiger partial charge in [-0.05, 0) is 56.9 Å². The molecule has 1 aromatic carbocycles. The lowest BCUT2D eigenvalue weighted by Gasteiger charge is -2.21. The van der Waals surface area contributed by atoms with Crippen molar-refractivity contribution in [1.29, 1.82) is 0 Å². The van der Waals surface area contributed by atoms with Gasteiger partial charge in [0.05, 0.1) is 28.6 Å². The van der Waals surface area contributed by atoms with Crippen LogP contribution in [0.4, 0.5) is 14.5 Å². The van der Waals surface area contributed by atoms with Gasteiger partial charge in [-0.1, -0.05) is 0 Å². The summed E-state index contributed by atoms with van der Waals surface area (Å²) in [5.74, 6) is -1.80. The number of rotatable bonds is 4. The minimum atomic E-state index is -0.909. The Balaban J connectivity index is 1.51. The number of hydrogen-bond donors (Lipinski definition) is 1. The first-order valence-electron chi connectivity index (χ1n) is 10.2. The number of fused-ring (bicyclic) bond motifs is 1. The minimum absolute atomic E-state index is 0.482. The molecule has 0 aliphatic carbocycles. The number of benzene rings is 1. The summed E-state index contributed by atoms with van der Waals surface area (Å²) < 4.78 is 27.1. The Bertz CT molecular complexity index is 1250. The number of halogens is 2. The first kappa shape index (κ1) is 19.6. The topological polar surface area (TPSA) is 60.9 Å². The van der Waals surface area contributed by atoms with E-state index < -0.39 is 11.6 Å². The molecule has 0 unspecified atom stereocenters. The Morgan fingerprint density at radius 2 is 1.94 bits per heavy atom. The van der Waals surface area contributed by atoms with E-state index in [1.54, 1.807) is 6.20 Å². The molecule has 4 aromatic rings. The zero-order valence-corrected chi connectivity index (χ0v) is 17.3. The maximum Gasteiger partial charge on any atom is 0.159 e. The largest absolute Gasteiger partial charge is 0.369 e. The quantitative estimate of drug-likeness (QED) is 0.539. The molecule has 0 saturated carbocycles. The highest BCUT2D eigenvalue weighted by atomic mass is 19.2. The molecule has 6 nitrogen and oxygen atoms in total. The Morgan fingerprint density at radius 1 is 1.06 bits per heavy atom. The van der Waals surface area contributed by atoms with Crippen LogP contribution in [-0.2, 0) is 0 Å². The van der Waals surface area contributed by atoms with Crippen LogP contribution >= 0.6 is 0 Å². The number of H-pyrrole nitrogens is 1. The highest BCUT2D eigenvalue weighted by Gasteiger charge is 2.24. The first-order valence-corrected chi connectivity index (χ1v) is 10.2. The lowest BCUT2D eigenvalue weighted by molar-refractivity contribution is 0.315. The van der Waals surface area contributed by atoms with Gasteiger partial charge in [-0.15, -0.1) is 0 Å². The van der Waals surface area contributed by atoms with Crippen LogP contribution in [0.5, 0.6) is 0 Å². The molecule has 4 heterocycles. The molecule has 1 atom stereocenters. The SMILES string of the molecule is CN(C)[C@H]1CCN(c2cnc3ccc(-c4c[nH]nc4-c4ccc(F)c(F)c4)nc3c2)C1. The van der Waals surface area contributed by atoms with Crippen molar-refractivity contribution in [2.24, 2.45) is 0 Å². The van der Waals surface area contributed by atoms with Crippen LogP contribution in [0.25, 0.3) is 33.5 Å². The van der Waals surface area contributed by atoms with Gasteiger partial charge in [-0.3, -0.25) is 10.1 Å². The van der Waals surface area contributed by atoms with Crippen LogP contribution in [0.3, 0.4) is 0 Å². The summed E-state index contributed by atoms with van der Waals surface area (Å²) in [4.78, 5) is 14.0. The zero-order chi connectivity index (χ0) is 21.5. The molecule has 0 amide bonds. The van der Waals surface area contributed by atoms with Crippen molar-refractivity contribution in [2.75, 3.05) is 32.1 Å². The fourth-order valence-electron chi connectivity index (χ4n) is 4.07. The lowest BCUT2D eigenvalue weighted by Crippen LogP contribution is -2.31. The second-order valence-corrected chi connectivity index (χ2v) is 8.06. The van der Waals surface area contributed by atoms with Crippen molar-refractivity contribution in [3.05, 3.63) is 60.4 Å². The minimum Gasteiger partial charge on any atom is -0.369 e. The van der Waals surface area contributed by atoms with Gasteiger partial charge in [-0.2, -0.15) is 5.10 Å². The molecule has 8 heteroatoms. The monoisotopic (exact) mass is 420 g/mol. The first-order chi connectivity index (χ1) is 15.0. The fraction of sp³-hybridized carbons (Fsp3) is 0.261. The molecule has 1 N–H and O–H groups in total. The molecule has 1 aliphatic rings. The summed E-state index contributed by atoms with van der Waals surface area (Å²) in [6.07, 6.45) is 4.72. The van der Waals surface area contributed by atoms with E-state index in [1.165, 1.54) is 6.07 Å². The van der Waals surface area contributed by atoms with Crippen molar-refractivity contribution in [2.45, 2.75) is 12.5 Å². The molecule has 31 heavy (non-hydrogen) atoms. The standard InChI is InChI=1S/C23H22F2N6/c1-30(2)15-7-8-31(13-15)16-10-22-21(26-11-16)6-5-20(28-22)17-12-27-29-23(17)14-3-4-18(24)19(25)9-14/h3-6,9-12,15H,7-8,13H2,1-2H3,(H,27,29)/t15-/m0/s1. The van der Waals surface area contributed by atoms with Crippen LogP contribution < -0.4 is 4.90 Å². The van der Waals surface area contributed by atoms with Crippen LogP contribution in [0, 0.1) is 11.6 Å². The molecule has 1 saturated heterocycles. The summed E-state index contributed by atoms with van der Waals surface area (Å²) in [7, 11) is 4.21. The molecule has 3 aromatic heterocycles. The normalized spacial score (nSPS) is 16.5. The van der Waals surface area contributed by atoms with E-state index in [2.05, 4.69) is 45.1 Å². The van der Waals surface area contributed by atoms with Crippen LogP contribution in [0.2, 0.25) is 0 Å². The van der Waals surface area contributed by atoms with E-state index in [-0.39, 0.29) is 0 Å². The molecule has 0 radical (unpaired) electrons. The van der Waals surface area contributed by atoms with Crippen molar-refractivity contribution in [1.82, 2.24) is 25.1 Å². The van der Waals surface area contributed by atoms with Gasteiger partial charge in [0.1, 0.15) is 5.69 Å². The zero-order valence-electron chi connectivity index (χ0n) is 17.3. The predicted molar refractivity (Wildman–Crippen MR) is 117 cm³/mol. The van der Waals surface area contributed by atoms with Crippen LogP contribution in [-0.4, -0.2) is 58.3 Å². The number of nitrogens with one attached hydrogen (secondary N) is 1. The Morgan fingerprint density at radius 3 is 2.71 bits per heavy atom. The van der Waals surface area contributed by atoms with Crippen molar-refractivity contribution in [3.8, 4) is 22.5 Å². The number of aromatic nitrogens is 4. The van der Waals surface area contributed by atoms with Gasteiger partial charge in [0.2, 0.25) is 0 Å². The number of anilines is 1. The van der Waals surface area contributed by atoms with Crippen molar-refractivity contribution < 1.29 is 8.78 Å². The third-order valence-electron chi connectivity index (χ3n) is 5.89. The van der Waals surface area contributed by atoms with Gasteiger partial charge >= 0.3 is 0 Å². The third kappa shape index (κ3) is 3.63. The van der Waals surface area contributed by atoms with Crippen LogP contribution in [0.1, 0.15) is 6.42 Å². The number of pyridine rings is 2. The summed E-state index contributed by atoms with van der Waals surface area (Å²) >= 11 is 0. The van der Waals surface area contributed by atoms with E-state index in [4.69, 9.17) is 4.98 Å². The molecule has 0 spiro atoms. The van der Waals surface area contributed by atoms with E-state index >= 15 is 0 Å². The average Bonchev–Trinajstić information content (AvgIpc) is 3.45. The van der Waals surface area contributed by atoms with E-state index in [1.807, 2.05) is 18.3 Å². The summed E-state index contributed by atoms with van der Waals surface area (Å²) in [6.45, 7) is 1.94. The average molecular weight is 420 g/mol. The molecule has 1 aliphatic heterocycles. The second-order valence-electron chi connectivity index (χ2n) is 8.06. The van der Waals surface area contributed by atoms with Gasteiger partial charge in [0.15, 0.2) is 11.6 Å². The number of hydrogen-bond acceptors (Lipinski definition) is 5. The molecule has 158 valence electrons. The molecular weight excluding hydrogens is 398 g/mol. The highest BCUT2D eigenvalue weighted by molar-refractivity contribution is 5.84. The van der Waals surface area contributed by atoms with E-state index in [0.29, 0.717) is 28.6 Å². The van der Waals surface area contributed by atoms with E-state index in [9.17, 15) is 8.78 Å². The van der Waals surface area contributed by atoms with Gasteiger partial charge < -0.3 is 9.80 Å². The number of likely N-dealkylation sites (N-methyl/N-ethyl adjacent to an activating group) is 1. The molecule has 1 fully saturated rings. The number of nitrogens with zero attached hydrogens (tertiary/aromatic N) is 5. The van der Waals surface area contributed by atoms with Gasteiger partial charge in [-0.25, -0.2) is 13.8 Å². The van der Waals surface area contributed by atoms with Crippen molar-refractivity contribution >= 4 is 16.7 Å². The molecule has 5 rings (SSSR count). The molecule has 0 bridgehead atoms. The number of aromatic amines is 1.